The minimum absolute atomic E-state index is 0.347. The maximum absolute atomic E-state index is 11.7. The molecule has 0 fully saturated rings. The van der Waals surface area contributed by atoms with Gasteiger partial charge in [0.05, 0.1) is 6.61 Å². The summed E-state index contributed by atoms with van der Waals surface area (Å²) >= 11 is 0. The van der Waals surface area contributed by atoms with E-state index in [0.29, 0.717) is 17.9 Å². The molecule has 0 radical (unpaired) electrons. The Kier molecular flexibility index (Phi) is 2.95. The molecule has 4 heteroatoms. The summed E-state index contributed by atoms with van der Waals surface area (Å²) < 4.78 is 6.73. The van der Waals surface area contributed by atoms with E-state index in [1.54, 1.807) is 36.7 Å². The fourth-order valence-electron chi connectivity index (χ4n) is 1.84. The highest BCUT2D eigenvalue weighted by Gasteiger charge is 2.14. The fourth-order valence-corrected chi connectivity index (χ4v) is 1.84. The van der Waals surface area contributed by atoms with Crippen LogP contribution < -0.4 is 0 Å². The Bertz CT molecular complexity index is 584. The van der Waals surface area contributed by atoms with Crippen molar-refractivity contribution >= 4 is 23.2 Å². The molecule has 17 heavy (non-hydrogen) atoms. The Hall–Kier alpha value is -2.10. The number of esters is 1. The third-order valence-corrected chi connectivity index (χ3v) is 2.69. The predicted molar refractivity (Wildman–Crippen MR) is 64.3 cm³/mol. The lowest BCUT2D eigenvalue weighted by Crippen LogP contribution is -2.09. The molecule has 0 unspecified atom stereocenters. The van der Waals surface area contributed by atoms with Gasteiger partial charge in [0.2, 0.25) is 0 Å². The number of benzene rings is 1. The van der Waals surface area contributed by atoms with Crippen molar-refractivity contribution in [1.82, 2.24) is 4.57 Å². The number of aldehydes is 1. The molecule has 88 valence electrons. The van der Waals surface area contributed by atoms with Crippen LogP contribution in [0.25, 0.3) is 10.9 Å². The second-order valence-corrected chi connectivity index (χ2v) is 3.75. The molecule has 0 aliphatic carbocycles. The van der Waals surface area contributed by atoms with Crippen LogP contribution in [0.1, 0.15) is 27.8 Å². The van der Waals surface area contributed by atoms with E-state index >= 15 is 0 Å². The summed E-state index contributed by atoms with van der Waals surface area (Å²) in [6.45, 7) is 2.12. The maximum atomic E-state index is 11.7. The average Bonchev–Trinajstić information content (AvgIpc) is 2.66. The zero-order chi connectivity index (χ0) is 12.4. The van der Waals surface area contributed by atoms with Crippen molar-refractivity contribution in [2.24, 2.45) is 7.05 Å². The van der Waals surface area contributed by atoms with Crippen molar-refractivity contribution in [2.45, 2.75) is 6.92 Å². The monoisotopic (exact) mass is 231 g/mol. The zero-order valence-corrected chi connectivity index (χ0v) is 9.77. The van der Waals surface area contributed by atoms with Gasteiger partial charge in [-0.1, -0.05) is 0 Å². The summed E-state index contributed by atoms with van der Waals surface area (Å²) in [7, 11) is 1.80. The predicted octanol–water partition coefficient (Wildman–Crippen LogP) is 2.17. The van der Waals surface area contributed by atoms with Crippen LogP contribution in [0.15, 0.2) is 24.3 Å². The van der Waals surface area contributed by atoms with Crippen molar-refractivity contribution in [3.63, 3.8) is 0 Å². The van der Waals surface area contributed by atoms with Crippen LogP contribution in [0.2, 0.25) is 0 Å². The molecule has 0 spiro atoms. The van der Waals surface area contributed by atoms with E-state index in [-0.39, 0.29) is 5.97 Å². The Morgan fingerprint density at radius 3 is 2.82 bits per heavy atom. The SMILES string of the molecule is CCOC(=O)c1cc2cc(C=O)ccc2n1C. The zero-order valence-electron chi connectivity index (χ0n) is 9.77. The Balaban J connectivity index is 2.55. The van der Waals surface area contributed by atoms with Crippen LogP contribution in [0.4, 0.5) is 0 Å². The van der Waals surface area contributed by atoms with E-state index < -0.39 is 0 Å². The highest BCUT2D eigenvalue weighted by molar-refractivity contribution is 5.97. The van der Waals surface area contributed by atoms with E-state index in [0.717, 1.165) is 17.2 Å². The minimum Gasteiger partial charge on any atom is -0.461 e. The van der Waals surface area contributed by atoms with E-state index in [1.165, 1.54) is 0 Å². The second kappa shape index (κ2) is 4.41. The normalized spacial score (nSPS) is 10.5. The van der Waals surface area contributed by atoms with E-state index in [1.807, 2.05) is 6.07 Å². The van der Waals surface area contributed by atoms with Gasteiger partial charge in [0.1, 0.15) is 12.0 Å². The number of nitrogens with zero attached hydrogens (tertiary/aromatic N) is 1. The van der Waals surface area contributed by atoms with Gasteiger partial charge in [-0.2, -0.15) is 0 Å². The van der Waals surface area contributed by atoms with Gasteiger partial charge in [-0.05, 0) is 31.2 Å². The molecule has 0 aliphatic heterocycles. The maximum Gasteiger partial charge on any atom is 0.354 e. The largest absolute Gasteiger partial charge is 0.461 e. The molecule has 0 atom stereocenters. The fraction of sp³-hybridized carbons (Fsp3) is 0.231. The van der Waals surface area contributed by atoms with Gasteiger partial charge in [-0.25, -0.2) is 4.79 Å². The quantitative estimate of drug-likeness (QED) is 0.600. The summed E-state index contributed by atoms with van der Waals surface area (Å²) in [6, 6.07) is 7.04. The first-order valence-electron chi connectivity index (χ1n) is 5.39. The van der Waals surface area contributed by atoms with E-state index in [4.69, 9.17) is 4.74 Å². The van der Waals surface area contributed by atoms with Crippen molar-refractivity contribution in [3.05, 3.63) is 35.5 Å². The molecule has 0 aliphatic rings. The van der Waals surface area contributed by atoms with Gasteiger partial charge in [0.15, 0.2) is 0 Å². The van der Waals surface area contributed by atoms with Crippen molar-refractivity contribution in [2.75, 3.05) is 6.61 Å². The van der Waals surface area contributed by atoms with Gasteiger partial charge in [-0.3, -0.25) is 4.79 Å². The van der Waals surface area contributed by atoms with E-state index in [2.05, 4.69) is 0 Å². The van der Waals surface area contributed by atoms with Gasteiger partial charge in [-0.15, -0.1) is 0 Å². The molecule has 4 nitrogen and oxygen atoms in total. The summed E-state index contributed by atoms with van der Waals surface area (Å²) in [5.74, 6) is -0.348. The number of aromatic nitrogens is 1. The first-order chi connectivity index (χ1) is 8.17. The first kappa shape index (κ1) is 11.4. The van der Waals surface area contributed by atoms with Crippen molar-refractivity contribution < 1.29 is 14.3 Å². The molecule has 0 amide bonds. The molecule has 1 heterocycles. The van der Waals surface area contributed by atoms with Crippen molar-refractivity contribution in [3.8, 4) is 0 Å². The molecule has 0 saturated carbocycles. The number of carbonyl (C=O) groups excluding carboxylic acids is 2. The van der Waals surface area contributed by atoms with Crippen LogP contribution in [-0.4, -0.2) is 23.4 Å². The lowest BCUT2D eigenvalue weighted by molar-refractivity contribution is 0.0516. The number of hydrogen-bond acceptors (Lipinski definition) is 3. The number of carbonyl (C=O) groups is 2. The second-order valence-electron chi connectivity index (χ2n) is 3.75. The van der Waals surface area contributed by atoms with Gasteiger partial charge in [0, 0.05) is 23.5 Å². The number of fused-ring (bicyclic) bond motifs is 1. The Morgan fingerprint density at radius 2 is 2.18 bits per heavy atom. The molecule has 0 N–H and O–H groups in total. The number of aryl methyl sites for hydroxylation is 1. The molecule has 1 aromatic carbocycles. The van der Waals surface area contributed by atoms with Crippen molar-refractivity contribution in [1.29, 1.82) is 0 Å². The number of ether oxygens (including phenoxy) is 1. The highest BCUT2D eigenvalue weighted by atomic mass is 16.5. The first-order valence-corrected chi connectivity index (χ1v) is 5.39. The topological polar surface area (TPSA) is 48.3 Å². The van der Waals surface area contributed by atoms with Crippen LogP contribution in [0.3, 0.4) is 0 Å². The van der Waals surface area contributed by atoms with Gasteiger partial charge in [0.25, 0.3) is 0 Å². The lowest BCUT2D eigenvalue weighted by atomic mass is 10.2. The van der Waals surface area contributed by atoms with Crippen LogP contribution >= 0.6 is 0 Å². The standard InChI is InChI=1S/C13H13NO3/c1-3-17-13(16)12-7-10-6-9(8-15)4-5-11(10)14(12)2/h4-8H,3H2,1-2H3. The number of rotatable bonds is 3. The van der Waals surface area contributed by atoms with Gasteiger partial charge >= 0.3 is 5.97 Å². The third-order valence-electron chi connectivity index (χ3n) is 2.69. The summed E-state index contributed by atoms with van der Waals surface area (Å²) in [5.41, 5.74) is 1.99. The minimum atomic E-state index is -0.348. The molecule has 0 saturated heterocycles. The molecular formula is C13H13NO3. The summed E-state index contributed by atoms with van der Waals surface area (Å²) in [6.07, 6.45) is 0.788. The Labute approximate surface area is 98.8 Å². The average molecular weight is 231 g/mol. The smallest absolute Gasteiger partial charge is 0.354 e. The summed E-state index contributed by atoms with van der Waals surface area (Å²) in [4.78, 5) is 22.4. The highest BCUT2D eigenvalue weighted by Crippen LogP contribution is 2.20. The summed E-state index contributed by atoms with van der Waals surface area (Å²) in [5, 5.41) is 0.861. The molecular weight excluding hydrogens is 218 g/mol. The molecule has 2 aromatic rings. The van der Waals surface area contributed by atoms with Crippen LogP contribution in [-0.2, 0) is 11.8 Å². The van der Waals surface area contributed by atoms with Crippen LogP contribution in [0, 0.1) is 0 Å². The number of hydrogen-bond donors (Lipinski definition) is 0. The third kappa shape index (κ3) is 1.93. The lowest BCUT2D eigenvalue weighted by Gasteiger charge is -2.03. The Morgan fingerprint density at radius 1 is 1.41 bits per heavy atom. The van der Waals surface area contributed by atoms with Crippen LogP contribution in [0.5, 0.6) is 0 Å². The van der Waals surface area contributed by atoms with E-state index in [9.17, 15) is 9.59 Å². The molecule has 2 rings (SSSR count). The van der Waals surface area contributed by atoms with Gasteiger partial charge < -0.3 is 9.30 Å². The molecule has 1 aromatic heterocycles. The molecule has 0 bridgehead atoms.